The summed E-state index contributed by atoms with van der Waals surface area (Å²) in [6.45, 7) is 0.0838. The predicted molar refractivity (Wildman–Crippen MR) is 88.3 cm³/mol. The minimum atomic E-state index is -3.64. The molecular formula is C15H10N2O4S2. The molecule has 8 heteroatoms. The van der Waals surface area contributed by atoms with Crippen LogP contribution in [0.25, 0.3) is 10.8 Å². The van der Waals surface area contributed by atoms with Crippen molar-refractivity contribution < 1.29 is 13.3 Å². The predicted octanol–water partition coefficient (Wildman–Crippen LogP) is 3.52. The smallest absolute Gasteiger partial charge is 0.261 e. The van der Waals surface area contributed by atoms with Crippen LogP contribution in [-0.2, 0) is 16.6 Å². The Kier molecular flexibility index (Phi) is 2.94. The van der Waals surface area contributed by atoms with Crippen LogP contribution in [-0.4, -0.2) is 13.3 Å². The van der Waals surface area contributed by atoms with E-state index in [0.717, 1.165) is 16.7 Å². The Morgan fingerprint density at radius 1 is 1.17 bits per heavy atom. The van der Waals surface area contributed by atoms with Crippen molar-refractivity contribution in [2.24, 2.45) is 0 Å². The van der Waals surface area contributed by atoms with Gasteiger partial charge in [0.2, 0.25) is 0 Å². The third-order valence-corrected chi connectivity index (χ3v) is 6.56. The van der Waals surface area contributed by atoms with Crippen molar-refractivity contribution in [1.82, 2.24) is 0 Å². The first-order valence-corrected chi connectivity index (χ1v) is 9.07. The van der Waals surface area contributed by atoms with E-state index in [4.69, 9.17) is 0 Å². The highest BCUT2D eigenvalue weighted by Gasteiger charge is 2.35. The quantitative estimate of drug-likeness (QED) is 0.537. The Morgan fingerprint density at radius 2 is 1.91 bits per heavy atom. The molecule has 116 valence electrons. The molecule has 0 atom stereocenters. The van der Waals surface area contributed by atoms with Gasteiger partial charge in [-0.2, -0.15) is 0 Å². The summed E-state index contributed by atoms with van der Waals surface area (Å²) in [6.07, 6.45) is 0. The fourth-order valence-electron chi connectivity index (χ4n) is 2.84. The van der Waals surface area contributed by atoms with Crippen LogP contribution in [0.4, 0.5) is 10.7 Å². The zero-order chi connectivity index (χ0) is 16.2. The summed E-state index contributed by atoms with van der Waals surface area (Å²) in [5.74, 6) is 0. The first-order valence-electron chi connectivity index (χ1n) is 6.75. The standard InChI is InChI=1S/C15H10N2O4S2/c18-17(19)14-7-10(9-22-14)8-16-12-5-1-3-11-4-2-6-13(15(11)12)23(16,20)21/h1-7,9H,8H2. The van der Waals surface area contributed by atoms with Crippen molar-refractivity contribution >= 4 is 42.8 Å². The van der Waals surface area contributed by atoms with Crippen molar-refractivity contribution in [1.29, 1.82) is 0 Å². The molecule has 2 aromatic carbocycles. The molecule has 0 amide bonds. The Balaban J connectivity index is 1.84. The van der Waals surface area contributed by atoms with Gasteiger partial charge < -0.3 is 0 Å². The maximum atomic E-state index is 12.8. The van der Waals surface area contributed by atoms with Gasteiger partial charge in [-0.3, -0.25) is 14.4 Å². The molecule has 4 rings (SSSR count). The molecular weight excluding hydrogens is 336 g/mol. The summed E-state index contributed by atoms with van der Waals surface area (Å²) < 4.78 is 26.9. The molecule has 0 bridgehead atoms. The molecule has 0 radical (unpaired) electrons. The average Bonchev–Trinajstić information content (AvgIpc) is 3.07. The molecule has 23 heavy (non-hydrogen) atoms. The van der Waals surface area contributed by atoms with E-state index < -0.39 is 14.9 Å². The van der Waals surface area contributed by atoms with Crippen LogP contribution in [0.15, 0.2) is 52.7 Å². The summed E-state index contributed by atoms with van der Waals surface area (Å²) in [6, 6.07) is 12.1. The minimum Gasteiger partial charge on any atom is -0.261 e. The molecule has 0 N–H and O–H groups in total. The number of nitro groups is 1. The van der Waals surface area contributed by atoms with Gasteiger partial charge in [0, 0.05) is 16.8 Å². The van der Waals surface area contributed by atoms with Gasteiger partial charge in [0.1, 0.15) is 0 Å². The number of nitrogens with zero attached hydrogens (tertiary/aromatic N) is 2. The molecule has 3 aromatic rings. The van der Waals surface area contributed by atoms with E-state index in [2.05, 4.69) is 0 Å². The number of thiophene rings is 1. The number of rotatable bonds is 3. The second-order valence-electron chi connectivity index (χ2n) is 5.19. The zero-order valence-corrected chi connectivity index (χ0v) is 13.3. The van der Waals surface area contributed by atoms with Crippen LogP contribution in [0.1, 0.15) is 5.56 Å². The van der Waals surface area contributed by atoms with E-state index in [9.17, 15) is 18.5 Å². The minimum absolute atomic E-state index is 0.00678. The van der Waals surface area contributed by atoms with Gasteiger partial charge in [0.25, 0.3) is 10.0 Å². The molecule has 2 heterocycles. The van der Waals surface area contributed by atoms with Crippen molar-refractivity contribution in [2.75, 3.05) is 4.31 Å². The third kappa shape index (κ3) is 2.02. The van der Waals surface area contributed by atoms with Crippen LogP contribution >= 0.6 is 11.3 Å². The molecule has 1 aliphatic rings. The third-order valence-electron chi connectivity index (χ3n) is 3.83. The fraction of sp³-hybridized carbons (Fsp3) is 0.0667. The number of hydrogen-bond donors (Lipinski definition) is 0. The Hall–Kier alpha value is -2.45. The van der Waals surface area contributed by atoms with E-state index >= 15 is 0 Å². The number of anilines is 1. The number of benzene rings is 2. The van der Waals surface area contributed by atoms with Gasteiger partial charge in [-0.25, -0.2) is 8.42 Å². The monoisotopic (exact) mass is 346 g/mol. The number of sulfonamides is 1. The van der Waals surface area contributed by atoms with Gasteiger partial charge in [-0.15, -0.1) is 0 Å². The Labute approximate surface area is 135 Å². The van der Waals surface area contributed by atoms with Crippen molar-refractivity contribution in [3.05, 3.63) is 63.5 Å². The molecule has 0 aliphatic carbocycles. The van der Waals surface area contributed by atoms with Crippen LogP contribution in [0.5, 0.6) is 0 Å². The summed E-state index contributed by atoms with van der Waals surface area (Å²) in [7, 11) is -3.64. The van der Waals surface area contributed by atoms with E-state index in [1.165, 1.54) is 10.4 Å². The van der Waals surface area contributed by atoms with Crippen molar-refractivity contribution in [3.63, 3.8) is 0 Å². The largest absolute Gasteiger partial charge is 0.324 e. The average molecular weight is 346 g/mol. The van der Waals surface area contributed by atoms with Gasteiger partial charge in [0.05, 0.1) is 22.1 Å². The van der Waals surface area contributed by atoms with E-state index in [-0.39, 0.29) is 16.4 Å². The lowest BCUT2D eigenvalue weighted by molar-refractivity contribution is -0.380. The van der Waals surface area contributed by atoms with Crippen LogP contribution in [0.2, 0.25) is 0 Å². The highest BCUT2D eigenvalue weighted by Crippen LogP contribution is 2.43. The first kappa shape index (κ1) is 14.2. The summed E-state index contributed by atoms with van der Waals surface area (Å²) >= 11 is 0.997. The maximum absolute atomic E-state index is 12.8. The topological polar surface area (TPSA) is 80.5 Å². The summed E-state index contributed by atoms with van der Waals surface area (Å²) in [5, 5.41) is 14.0. The van der Waals surface area contributed by atoms with Crippen LogP contribution < -0.4 is 4.31 Å². The fourth-order valence-corrected chi connectivity index (χ4v) is 5.25. The Bertz CT molecular complexity index is 1050. The first-order chi connectivity index (χ1) is 11.0. The zero-order valence-electron chi connectivity index (χ0n) is 11.7. The van der Waals surface area contributed by atoms with Gasteiger partial charge in [0.15, 0.2) is 0 Å². The highest BCUT2D eigenvalue weighted by atomic mass is 32.2. The molecule has 0 fully saturated rings. The maximum Gasteiger partial charge on any atom is 0.324 e. The normalized spacial score (nSPS) is 15.2. The second kappa shape index (κ2) is 4.77. The summed E-state index contributed by atoms with van der Waals surface area (Å²) in [5.41, 5.74) is 1.22. The SMILES string of the molecule is O=[N+]([O-])c1cc(CN2c3cccc4cccc(c34)S2(=O)=O)cs1. The van der Waals surface area contributed by atoms with E-state index in [1.54, 1.807) is 23.6 Å². The highest BCUT2D eigenvalue weighted by molar-refractivity contribution is 7.93. The molecule has 1 aromatic heterocycles. The Morgan fingerprint density at radius 3 is 2.61 bits per heavy atom. The van der Waals surface area contributed by atoms with Gasteiger partial charge in [-0.1, -0.05) is 35.6 Å². The second-order valence-corrected chi connectivity index (χ2v) is 7.91. The number of hydrogen-bond acceptors (Lipinski definition) is 5. The lowest BCUT2D eigenvalue weighted by atomic mass is 10.1. The van der Waals surface area contributed by atoms with Crippen molar-refractivity contribution in [2.45, 2.75) is 11.4 Å². The molecule has 0 unspecified atom stereocenters. The van der Waals surface area contributed by atoms with Crippen molar-refractivity contribution in [3.8, 4) is 0 Å². The molecule has 6 nitrogen and oxygen atoms in total. The lowest BCUT2D eigenvalue weighted by Gasteiger charge is -2.17. The molecule has 1 aliphatic heterocycles. The van der Waals surface area contributed by atoms with Gasteiger partial charge >= 0.3 is 5.00 Å². The molecule has 0 spiro atoms. The van der Waals surface area contributed by atoms with E-state index in [1.807, 2.05) is 18.2 Å². The lowest BCUT2D eigenvalue weighted by Crippen LogP contribution is -2.26. The van der Waals surface area contributed by atoms with Gasteiger partial charge in [-0.05, 0) is 23.1 Å². The summed E-state index contributed by atoms with van der Waals surface area (Å²) in [4.78, 5) is 10.6. The molecule has 0 saturated carbocycles. The van der Waals surface area contributed by atoms with E-state index in [0.29, 0.717) is 16.6 Å². The van der Waals surface area contributed by atoms with Crippen LogP contribution in [0.3, 0.4) is 0 Å². The molecule has 0 saturated heterocycles. The van der Waals surface area contributed by atoms with Crippen LogP contribution in [0, 0.1) is 10.1 Å².